The van der Waals surface area contributed by atoms with Gasteiger partial charge in [0.15, 0.2) is 11.5 Å². The van der Waals surface area contributed by atoms with Gasteiger partial charge in [-0.3, -0.25) is 14.7 Å². The summed E-state index contributed by atoms with van der Waals surface area (Å²) in [4.78, 5) is 26.5. The molecule has 3 heterocycles. The topological polar surface area (TPSA) is 80.3 Å². The zero-order valence-corrected chi connectivity index (χ0v) is 17.3. The van der Waals surface area contributed by atoms with E-state index in [1.807, 2.05) is 24.3 Å². The largest absolute Gasteiger partial charge is 0.493 e. The molecule has 1 aromatic carbocycles. The standard InChI is InChI=1S/C23H26N4O3/c1-29-20-9-8-16(12-21(20)30-2)15-27-11-4-3-7-19(27)18-13-22(28)26-23(25-18)17-6-5-10-24-14-17/h5-6,8-10,12-14,19H,3-4,7,11,15H2,1-2H3,(H,25,26,28). The Hall–Kier alpha value is -3.19. The Morgan fingerprint density at radius 3 is 2.77 bits per heavy atom. The van der Waals surface area contributed by atoms with Crippen molar-refractivity contribution < 1.29 is 9.47 Å². The van der Waals surface area contributed by atoms with Crippen LogP contribution in [0.1, 0.15) is 36.6 Å². The number of nitrogens with zero attached hydrogens (tertiary/aromatic N) is 3. The number of H-pyrrole nitrogens is 1. The minimum absolute atomic E-state index is 0.0876. The quantitative estimate of drug-likeness (QED) is 0.674. The van der Waals surface area contributed by atoms with Crippen molar-refractivity contribution in [2.75, 3.05) is 20.8 Å². The number of benzene rings is 1. The predicted octanol–water partition coefficient (Wildman–Crippen LogP) is 3.58. The Labute approximate surface area is 175 Å². The first-order valence-electron chi connectivity index (χ1n) is 10.1. The van der Waals surface area contributed by atoms with Crippen LogP contribution in [0.3, 0.4) is 0 Å². The average Bonchev–Trinajstić information content (AvgIpc) is 2.79. The van der Waals surface area contributed by atoms with E-state index >= 15 is 0 Å². The van der Waals surface area contributed by atoms with Gasteiger partial charge in [-0.25, -0.2) is 4.98 Å². The molecule has 2 aromatic heterocycles. The molecule has 4 rings (SSSR count). The van der Waals surface area contributed by atoms with Crippen molar-refractivity contribution in [3.8, 4) is 22.9 Å². The molecule has 7 heteroatoms. The number of ether oxygens (including phenoxy) is 2. The number of hydrogen-bond acceptors (Lipinski definition) is 6. The summed E-state index contributed by atoms with van der Waals surface area (Å²) in [6, 6.07) is 11.4. The molecule has 0 spiro atoms. The summed E-state index contributed by atoms with van der Waals surface area (Å²) in [5.41, 5.74) is 2.60. The van der Waals surface area contributed by atoms with Gasteiger partial charge in [-0.05, 0) is 49.2 Å². The van der Waals surface area contributed by atoms with Gasteiger partial charge in [0, 0.05) is 30.6 Å². The molecular weight excluding hydrogens is 380 g/mol. The van der Waals surface area contributed by atoms with Gasteiger partial charge < -0.3 is 14.5 Å². The van der Waals surface area contributed by atoms with Gasteiger partial charge in [0.2, 0.25) is 0 Å². The molecule has 0 amide bonds. The molecule has 1 atom stereocenters. The lowest BCUT2D eigenvalue weighted by atomic mass is 9.98. The predicted molar refractivity (Wildman–Crippen MR) is 115 cm³/mol. The van der Waals surface area contributed by atoms with E-state index in [1.165, 1.54) is 0 Å². The molecule has 7 nitrogen and oxygen atoms in total. The highest BCUT2D eigenvalue weighted by atomic mass is 16.5. The van der Waals surface area contributed by atoms with Crippen LogP contribution < -0.4 is 15.0 Å². The number of piperidine rings is 1. The molecule has 0 bridgehead atoms. The first-order valence-corrected chi connectivity index (χ1v) is 10.1. The number of pyridine rings is 1. The van der Waals surface area contributed by atoms with Gasteiger partial charge in [0.25, 0.3) is 5.56 Å². The Morgan fingerprint density at radius 2 is 2.00 bits per heavy atom. The molecule has 0 radical (unpaired) electrons. The van der Waals surface area contributed by atoms with Crippen molar-refractivity contribution in [3.63, 3.8) is 0 Å². The van der Waals surface area contributed by atoms with Crippen LogP contribution in [-0.2, 0) is 6.54 Å². The molecule has 0 aliphatic carbocycles. The first-order chi connectivity index (χ1) is 14.7. The Balaban J connectivity index is 1.63. The van der Waals surface area contributed by atoms with Gasteiger partial charge in [0.1, 0.15) is 5.82 Å². The highest BCUT2D eigenvalue weighted by Gasteiger charge is 2.26. The summed E-state index contributed by atoms with van der Waals surface area (Å²) in [6.45, 7) is 1.71. The summed E-state index contributed by atoms with van der Waals surface area (Å²) in [5, 5.41) is 0. The maximum atomic E-state index is 12.4. The van der Waals surface area contributed by atoms with E-state index in [1.54, 1.807) is 32.7 Å². The van der Waals surface area contributed by atoms with Gasteiger partial charge >= 0.3 is 0 Å². The maximum absolute atomic E-state index is 12.4. The lowest BCUT2D eigenvalue weighted by Crippen LogP contribution is -2.34. The van der Waals surface area contributed by atoms with Gasteiger partial charge in [-0.2, -0.15) is 0 Å². The number of aromatic nitrogens is 3. The number of nitrogens with one attached hydrogen (secondary N) is 1. The minimum atomic E-state index is -0.143. The van der Waals surface area contributed by atoms with Gasteiger partial charge in [0.05, 0.1) is 26.0 Å². The second-order valence-electron chi connectivity index (χ2n) is 7.43. The van der Waals surface area contributed by atoms with Gasteiger partial charge in [-0.15, -0.1) is 0 Å². The van der Waals surface area contributed by atoms with E-state index in [0.717, 1.165) is 54.9 Å². The van der Waals surface area contributed by atoms with E-state index in [2.05, 4.69) is 20.9 Å². The van der Waals surface area contributed by atoms with Gasteiger partial charge in [-0.1, -0.05) is 12.5 Å². The van der Waals surface area contributed by atoms with Crippen molar-refractivity contribution in [1.82, 2.24) is 19.9 Å². The summed E-state index contributed by atoms with van der Waals surface area (Å²) >= 11 is 0. The van der Waals surface area contributed by atoms with Crippen LogP contribution in [0.2, 0.25) is 0 Å². The molecule has 1 saturated heterocycles. The second-order valence-corrected chi connectivity index (χ2v) is 7.43. The molecule has 1 aliphatic rings. The molecule has 30 heavy (non-hydrogen) atoms. The third kappa shape index (κ3) is 4.36. The molecule has 1 N–H and O–H groups in total. The maximum Gasteiger partial charge on any atom is 0.251 e. The van der Waals surface area contributed by atoms with Crippen molar-refractivity contribution in [2.24, 2.45) is 0 Å². The fourth-order valence-corrected chi connectivity index (χ4v) is 4.02. The van der Waals surface area contributed by atoms with Crippen molar-refractivity contribution in [1.29, 1.82) is 0 Å². The Kier molecular flexibility index (Phi) is 6.09. The van der Waals surface area contributed by atoms with E-state index in [0.29, 0.717) is 11.6 Å². The summed E-state index contributed by atoms with van der Waals surface area (Å²) in [5.74, 6) is 1.99. The second kappa shape index (κ2) is 9.09. The number of likely N-dealkylation sites (tertiary alicyclic amines) is 1. The molecule has 1 fully saturated rings. The zero-order valence-electron chi connectivity index (χ0n) is 17.3. The fourth-order valence-electron chi connectivity index (χ4n) is 4.02. The number of aromatic amines is 1. The monoisotopic (exact) mass is 406 g/mol. The van der Waals surface area contributed by atoms with E-state index in [9.17, 15) is 4.79 Å². The highest BCUT2D eigenvalue weighted by molar-refractivity contribution is 5.52. The Bertz CT molecular complexity index is 1050. The lowest BCUT2D eigenvalue weighted by molar-refractivity contribution is 0.137. The SMILES string of the molecule is COc1ccc(CN2CCCCC2c2cc(=O)[nH]c(-c3cccnc3)n2)cc1OC. The van der Waals surface area contributed by atoms with Crippen LogP contribution in [0.4, 0.5) is 0 Å². The summed E-state index contributed by atoms with van der Waals surface area (Å²) in [7, 11) is 3.28. The molecule has 156 valence electrons. The fraction of sp³-hybridized carbons (Fsp3) is 0.348. The summed E-state index contributed by atoms with van der Waals surface area (Å²) < 4.78 is 10.8. The van der Waals surface area contributed by atoms with E-state index in [4.69, 9.17) is 14.5 Å². The number of methoxy groups -OCH3 is 2. The molecule has 1 aliphatic heterocycles. The third-order valence-corrected chi connectivity index (χ3v) is 5.49. The smallest absolute Gasteiger partial charge is 0.251 e. The normalized spacial score (nSPS) is 16.9. The van der Waals surface area contributed by atoms with Crippen molar-refractivity contribution >= 4 is 0 Å². The Morgan fingerprint density at radius 1 is 1.13 bits per heavy atom. The van der Waals surface area contributed by atoms with E-state index in [-0.39, 0.29) is 11.6 Å². The van der Waals surface area contributed by atoms with Crippen LogP contribution in [0.25, 0.3) is 11.4 Å². The van der Waals surface area contributed by atoms with Crippen molar-refractivity contribution in [3.05, 3.63) is 70.4 Å². The summed E-state index contributed by atoms with van der Waals surface area (Å²) in [6.07, 6.45) is 6.63. The number of hydrogen-bond donors (Lipinski definition) is 1. The minimum Gasteiger partial charge on any atom is -0.493 e. The lowest BCUT2D eigenvalue weighted by Gasteiger charge is -2.35. The van der Waals surface area contributed by atoms with Crippen LogP contribution >= 0.6 is 0 Å². The van der Waals surface area contributed by atoms with Crippen LogP contribution in [0.15, 0.2) is 53.6 Å². The van der Waals surface area contributed by atoms with Crippen LogP contribution in [0.5, 0.6) is 11.5 Å². The molecule has 0 saturated carbocycles. The van der Waals surface area contributed by atoms with Crippen LogP contribution in [-0.4, -0.2) is 40.6 Å². The van der Waals surface area contributed by atoms with Crippen LogP contribution in [0, 0.1) is 0 Å². The molecule has 1 unspecified atom stereocenters. The highest BCUT2D eigenvalue weighted by Crippen LogP contribution is 2.33. The van der Waals surface area contributed by atoms with Crippen molar-refractivity contribution in [2.45, 2.75) is 31.8 Å². The molecule has 3 aromatic rings. The van der Waals surface area contributed by atoms with E-state index < -0.39 is 0 Å². The first kappa shape index (κ1) is 20.1. The zero-order chi connectivity index (χ0) is 20.9. The number of rotatable bonds is 6. The molecular formula is C23H26N4O3. The third-order valence-electron chi connectivity index (χ3n) is 5.49. The average molecular weight is 406 g/mol.